The maximum Gasteiger partial charge on any atom is 0.160 e. The molecular weight excluding hydrogens is 1380 g/mol. The number of hydrogen-bond acceptors (Lipinski definition) is 8. The van der Waals surface area contributed by atoms with Crippen LogP contribution in [-0.4, -0.2) is 18.3 Å². The van der Waals surface area contributed by atoms with Gasteiger partial charge >= 0.3 is 0 Å². The molecule has 0 aliphatic heterocycles. The Labute approximate surface area is 634 Å². The monoisotopic (exact) mass is 1430 g/mol. The third-order valence-corrected chi connectivity index (χ3v) is 23.2. The van der Waals surface area contributed by atoms with Crippen molar-refractivity contribution in [3.05, 3.63) is 326 Å². The number of para-hydroxylation sites is 8. The lowest BCUT2D eigenvalue weighted by Gasteiger charge is -2.19. The van der Waals surface area contributed by atoms with Gasteiger partial charge in [0.15, 0.2) is 11.2 Å². The third-order valence-electron chi connectivity index (χ3n) is 23.2. The SMILES string of the molecule is N#Cc1cccc(-c2cc(-n3c4ccccc4c4cc(-c5cc6c7ccccc7n(-c7cc(-c8cccc(C#N)c8)c(-n8c9ccccc9c9ccc%10oc%11ccccc%11c%10c98)cc7C#N)c6c6c5oc5ccccc56)c5c6ccccc6oc5c43)c(C#N)cc2-n2c3ccccc3c3ccc4c5ccccc5oc4c32)c1. The van der Waals surface area contributed by atoms with Crippen LogP contribution in [0.5, 0.6) is 0 Å². The van der Waals surface area contributed by atoms with E-state index in [1.54, 1.807) is 0 Å². The minimum Gasteiger partial charge on any atom is -0.456 e. The van der Waals surface area contributed by atoms with Gasteiger partial charge in [-0.2, -0.15) is 21.0 Å². The lowest BCUT2D eigenvalue weighted by atomic mass is 9.93. The van der Waals surface area contributed by atoms with Crippen molar-refractivity contribution >= 4 is 175 Å². The van der Waals surface area contributed by atoms with Gasteiger partial charge < -0.3 is 35.9 Å². The van der Waals surface area contributed by atoms with Crippen molar-refractivity contribution in [2.45, 2.75) is 0 Å². The van der Waals surface area contributed by atoms with Gasteiger partial charge in [-0.1, -0.05) is 176 Å². The molecule has 0 aliphatic rings. The summed E-state index contributed by atoms with van der Waals surface area (Å²) in [6.07, 6.45) is 0. The van der Waals surface area contributed by atoms with E-state index in [-0.39, 0.29) is 0 Å². The van der Waals surface area contributed by atoms with E-state index in [2.05, 4.69) is 194 Å². The minimum absolute atomic E-state index is 0.396. The van der Waals surface area contributed by atoms with Crippen LogP contribution in [0.1, 0.15) is 22.3 Å². The first-order chi connectivity index (χ1) is 55.4. The van der Waals surface area contributed by atoms with Crippen LogP contribution >= 0.6 is 0 Å². The predicted molar refractivity (Wildman–Crippen MR) is 448 cm³/mol. The molecule has 16 aromatic carbocycles. The second kappa shape index (κ2) is 22.7. The molecule has 0 unspecified atom stereocenters. The summed E-state index contributed by atoms with van der Waals surface area (Å²) < 4.78 is 37.3. The summed E-state index contributed by atoms with van der Waals surface area (Å²) in [7, 11) is 0. The molecule has 0 aliphatic carbocycles. The number of rotatable bonds is 7. The summed E-state index contributed by atoms with van der Waals surface area (Å²) in [5.74, 6) is 0. The molecule has 0 fully saturated rings. The second-order valence-corrected chi connectivity index (χ2v) is 28.9. The molecule has 112 heavy (non-hydrogen) atoms. The molecule has 12 heteroatoms. The Hall–Kier alpha value is -16.1. The fraction of sp³-hybridized carbons (Fsp3) is 0. The van der Waals surface area contributed by atoms with Crippen molar-refractivity contribution in [2.75, 3.05) is 0 Å². The van der Waals surface area contributed by atoms with Crippen LogP contribution in [0.3, 0.4) is 0 Å². The summed E-state index contributed by atoms with van der Waals surface area (Å²) in [5, 5.41) is 60.4. The van der Waals surface area contributed by atoms with Crippen molar-refractivity contribution < 1.29 is 17.7 Å². The highest BCUT2D eigenvalue weighted by Crippen LogP contribution is 2.54. The first-order valence-corrected chi connectivity index (χ1v) is 37.0. The maximum atomic E-state index is 12.1. The molecule has 0 saturated heterocycles. The lowest BCUT2D eigenvalue weighted by molar-refractivity contribution is 0.669. The largest absolute Gasteiger partial charge is 0.456 e. The standard InChI is InChI=1S/C100H50N8O4/c101-51-55-19-17-21-57(43-55)72-49-82(59(53-103)45-84(72)107-78-31-9-1-23-61(78)66-41-42-90-92(94(66)107)70-29-7-14-36-87(70)109-90)105-80-33-11-3-25-63(80)75-48-77(98-93(95(75)105)71-30-8-16-38-89(71)110-98)74-47-76-64-26-4-12-34-81(64)106(97(76)100-91(74)69-28-6-15-37-88(69)112-100)83-50-73(58-22-18-20-56(44-58)52-102)85(46-60(83)54-104)108-79-32-10-2-24-62(79)67-39-40-68-65-27-5-13-35-86(65)111-99(68)96(67)108/h1-50H. The molecule has 514 valence electrons. The number of hydrogen-bond donors (Lipinski definition) is 0. The van der Waals surface area contributed by atoms with E-state index in [9.17, 15) is 21.0 Å². The van der Waals surface area contributed by atoms with Crippen molar-refractivity contribution in [1.29, 1.82) is 21.0 Å². The van der Waals surface area contributed by atoms with Gasteiger partial charge in [0.05, 0.1) is 112 Å². The number of aromatic nitrogens is 4. The second-order valence-electron chi connectivity index (χ2n) is 28.9. The fourth-order valence-electron chi connectivity index (χ4n) is 18.6. The summed E-state index contributed by atoms with van der Waals surface area (Å²) >= 11 is 0. The average Bonchev–Trinajstić information content (AvgIpc) is 1.53. The molecule has 24 rings (SSSR count). The number of nitrogens with zero attached hydrogens (tertiary/aromatic N) is 8. The Balaban J connectivity index is 0.789. The van der Waals surface area contributed by atoms with Crippen LogP contribution in [0.2, 0.25) is 0 Å². The minimum atomic E-state index is 0.396. The zero-order valence-electron chi connectivity index (χ0n) is 59.1. The topological polar surface area (TPSA) is 167 Å². The van der Waals surface area contributed by atoms with Crippen molar-refractivity contribution in [2.24, 2.45) is 0 Å². The van der Waals surface area contributed by atoms with E-state index in [1.165, 1.54) is 0 Å². The van der Waals surface area contributed by atoms with Crippen LogP contribution in [0.15, 0.2) is 321 Å². The van der Waals surface area contributed by atoms with Gasteiger partial charge in [0, 0.05) is 92.1 Å². The molecule has 12 nitrogen and oxygen atoms in total. The number of fused-ring (bicyclic) bond motifs is 28. The van der Waals surface area contributed by atoms with Crippen LogP contribution in [0.4, 0.5) is 0 Å². The van der Waals surface area contributed by atoms with E-state index in [1.807, 2.05) is 152 Å². The van der Waals surface area contributed by atoms with E-state index < -0.39 is 0 Å². The van der Waals surface area contributed by atoms with Gasteiger partial charge in [-0.15, -0.1) is 0 Å². The van der Waals surface area contributed by atoms with Gasteiger partial charge in [-0.25, -0.2) is 0 Å². The molecular formula is C100H50N8O4. The van der Waals surface area contributed by atoms with Crippen LogP contribution < -0.4 is 0 Å². The first-order valence-electron chi connectivity index (χ1n) is 37.0. The van der Waals surface area contributed by atoms with E-state index in [4.69, 9.17) is 17.7 Å². The van der Waals surface area contributed by atoms with Gasteiger partial charge in [0.1, 0.15) is 45.6 Å². The number of furan rings is 4. The van der Waals surface area contributed by atoms with Gasteiger partial charge in [-0.3, -0.25) is 0 Å². The Morgan fingerprint density at radius 3 is 1.15 bits per heavy atom. The highest BCUT2D eigenvalue weighted by atomic mass is 16.3. The molecule has 0 amide bonds. The average molecular weight is 1430 g/mol. The molecule has 0 spiro atoms. The van der Waals surface area contributed by atoms with Crippen molar-refractivity contribution in [3.8, 4) is 80.4 Å². The molecule has 8 aromatic heterocycles. The van der Waals surface area contributed by atoms with Crippen LogP contribution in [0, 0.1) is 45.3 Å². The van der Waals surface area contributed by atoms with Gasteiger partial charge in [0.25, 0.3) is 0 Å². The molecule has 0 saturated carbocycles. The summed E-state index contributed by atoms with van der Waals surface area (Å²) in [6, 6.07) is 113. The highest BCUT2D eigenvalue weighted by Gasteiger charge is 2.32. The first kappa shape index (κ1) is 61.1. The normalized spacial score (nSPS) is 12.1. The smallest absolute Gasteiger partial charge is 0.160 e. The fourth-order valence-corrected chi connectivity index (χ4v) is 18.6. The summed E-state index contributed by atoms with van der Waals surface area (Å²) in [6.45, 7) is 0. The van der Waals surface area contributed by atoms with Gasteiger partial charge in [-0.05, 0) is 144 Å². The molecule has 0 N–H and O–H groups in total. The Kier molecular flexibility index (Phi) is 12.4. The van der Waals surface area contributed by atoms with Gasteiger partial charge in [0.2, 0.25) is 0 Å². The zero-order chi connectivity index (χ0) is 73.9. The molecule has 0 radical (unpaired) electrons. The van der Waals surface area contributed by atoms with E-state index in [0.717, 1.165) is 197 Å². The highest BCUT2D eigenvalue weighted by molar-refractivity contribution is 6.33. The summed E-state index contributed by atoms with van der Waals surface area (Å²) in [5.41, 5.74) is 21.9. The predicted octanol–water partition coefficient (Wildman–Crippen LogP) is 26.2. The van der Waals surface area contributed by atoms with E-state index in [0.29, 0.717) is 56.0 Å². The van der Waals surface area contributed by atoms with Crippen molar-refractivity contribution in [3.63, 3.8) is 0 Å². The number of nitriles is 4. The van der Waals surface area contributed by atoms with Crippen LogP contribution in [0.25, 0.3) is 231 Å². The number of benzene rings is 16. The molecule has 24 aromatic rings. The maximum absolute atomic E-state index is 12.1. The quantitative estimate of drug-likeness (QED) is 0.152. The molecule has 0 bridgehead atoms. The summed E-state index contributed by atoms with van der Waals surface area (Å²) in [4.78, 5) is 0. The Bertz CT molecular complexity index is 8600. The van der Waals surface area contributed by atoms with Crippen molar-refractivity contribution in [1.82, 2.24) is 18.3 Å². The Morgan fingerprint density at radius 2 is 0.598 bits per heavy atom. The Morgan fingerprint density at radius 1 is 0.214 bits per heavy atom. The lowest BCUT2D eigenvalue weighted by Crippen LogP contribution is -2.04. The molecule has 8 heterocycles. The van der Waals surface area contributed by atoms with E-state index >= 15 is 0 Å². The zero-order valence-corrected chi connectivity index (χ0v) is 59.1. The van der Waals surface area contributed by atoms with Crippen LogP contribution in [-0.2, 0) is 0 Å². The molecule has 0 atom stereocenters. The third kappa shape index (κ3) is 8.22.